The van der Waals surface area contributed by atoms with E-state index in [1.807, 2.05) is 29.2 Å². The van der Waals surface area contributed by atoms with Crippen LogP contribution >= 0.6 is 11.8 Å². The molecule has 0 atom stereocenters. The minimum absolute atomic E-state index is 0.0169. The maximum atomic E-state index is 12.0. The zero-order chi connectivity index (χ0) is 15.8. The Bertz CT molecular complexity index is 519. The number of hydrogen-bond donors (Lipinski definition) is 1. The minimum atomic E-state index is 0.0169. The zero-order valence-electron chi connectivity index (χ0n) is 13.1. The number of amides is 2. The maximum absolute atomic E-state index is 12.0. The molecule has 0 unspecified atom stereocenters. The van der Waals surface area contributed by atoms with Gasteiger partial charge in [-0.1, -0.05) is 19.4 Å². The van der Waals surface area contributed by atoms with Gasteiger partial charge in [-0.25, -0.2) is 0 Å². The molecular formula is C17H24N2O2S. The second-order valence-corrected chi connectivity index (χ2v) is 6.61. The fraction of sp³-hybridized carbons (Fsp3) is 0.529. The molecule has 4 nitrogen and oxygen atoms in total. The average Bonchev–Trinajstić information content (AvgIpc) is 2.52. The quantitative estimate of drug-likeness (QED) is 0.780. The van der Waals surface area contributed by atoms with Crippen LogP contribution in [0.5, 0.6) is 0 Å². The molecule has 0 spiro atoms. The number of unbranched alkanes of at least 4 members (excludes halogenated alkanes) is 1. The molecule has 22 heavy (non-hydrogen) atoms. The molecule has 0 bridgehead atoms. The summed E-state index contributed by atoms with van der Waals surface area (Å²) in [5.74, 6) is 1.69. The van der Waals surface area contributed by atoms with Crippen molar-refractivity contribution in [2.75, 3.05) is 28.3 Å². The number of benzene rings is 1. The van der Waals surface area contributed by atoms with Crippen LogP contribution in [0.4, 0.5) is 11.4 Å². The Kier molecular flexibility index (Phi) is 6.77. The van der Waals surface area contributed by atoms with E-state index in [4.69, 9.17) is 0 Å². The van der Waals surface area contributed by atoms with E-state index in [-0.39, 0.29) is 11.8 Å². The Morgan fingerprint density at radius 3 is 3.00 bits per heavy atom. The molecule has 1 N–H and O–H groups in total. The van der Waals surface area contributed by atoms with E-state index in [0.29, 0.717) is 12.2 Å². The highest BCUT2D eigenvalue weighted by molar-refractivity contribution is 7.99. The van der Waals surface area contributed by atoms with E-state index in [1.54, 1.807) is 11.8 Å². The fourth-order valence-corrected chi connectivity index (χ4v) is 3.33. The number of carbonyl (C=O) groups excluding carboxylic acids is 2. The summed E-state index contributed by atoms with van der Waals surface area (Å²) >= 11 is 1.66. The average molecular weight is 320 g/mol. The molecule has 5 heteroatoms. The van der Waals surface area contributed by atoms with Crippen molar-refractivity contribution in [3.8, 4) is 0 Å². The van der Waals surface area contributed by atoms with Crippen molar-refractivity contribution in [1.29, 1.82) is 0 Å². The van der Waals surface area contributed by atoms with Gasteiger partial charge in [-0.15, -0.1) is 0 Å². The topological polar surface area (TPSA) is 49.4 Å². The van der Waals surface area contributed by atoms with Crippen molar-refractivity contribution in [3.05, 3.63) is 24.3 Å². The first-order valence-electron chi connectivity index (χ1n) is 7.98. The first-order valence-corrected chi connectivity index (χ1v) is 9.14. The third-order valence-electron chi connectivity index (χ3n) is 3.64. The van der Waals surface area contributed by atoms with E-state index in [9.17, 15) is 9.59 Å². The van der Waals surface area contributed by atoms with E-state index in [0.717, 1.165) is 49.4 Å². The molecule has 1 saturated heterocycles. The molecule has 0 radical (unpaired) electrons. The summed E-state index contributed by atoms with van der Waals surface area (Å²) < 4.78 is 0. The molecule has 1 aromatic carbocycles. The summed E-state index contributed by atoms with van der Waals surface area (Å²) in [6, 6.07) is 7.57. The lowest BCUT2D eigenvalue weighted by Gasteiger charge is -2.27. The third-order valence-corrected chi connectivity index (χ3v) is 4.68. The first kappa shape index (κ1) is 16.9. The Morgan fingerprint density at radius 1 is 1.36 bits per heavy atom. The molecule has 0 saturated carbocycles. The van der Waals surface area contributed by atoms with Gasteiger partial charge in [0.2, 0.25) is 11.8 Å². The Morgan fingerprint density at radius 2 is 2.23 bits per heavy atom. The Labute approximate surface area is 136 Å². The van der Waals surface area contributed by atoms with Crippen molar-refractivity contribution in [2.45, 2.75) is 39.0 Å². The molecule has 1 fully saturated rings. The predicted molar refractivity (Wildman–Crippen MR) is 93.5 cm³/mol. The van der Waals surface area contributed by atoms with Gasteiger partial charge in [-0.2, -0.15) is 11.8 Å². The number of anilines is 2. The summed E-state index contributed by atoms with van der Waals surface area (Å²) in [5.41, 5.74) is 1.64. The number of hydrogen-bond acceptors (Lipinski definition) is 3. The number of carbonyl (C=O) groups is 2. The van der Waals surface area contributed by atoms with Gasteiger partial charge in [0.15, 0.2) is 0 Å². The highest BCUT2D eigenvalue weighted by Crippen LogP contribution is 2.24. The summed E-state index contributed by atoms with van der Waals surface area (Å²) in [5, 5.41) is 2.92. The van der Waals surface area contributed by atoms with Gasteiger partial charge in [0.25, 0.3) is 0 Å². The van der Waals surface area contributed by atoms with Crippen LogP contribution in [-0.2, 0) is 9.59 Å². The Hall–Kier alpha value is -1.49. The smallest absolute Gasteiger partial charge is 0.234 e. The van der Waals surface area contributed by atoms with Crippen LogP contribution < -0.4 is 10.2 Å². The highest BCUT2D eigenvalue weighted by atomic mass is 32.2. The van der Waals surface area contributed by atoms with E-state index < -0.39 is 0 Å². The number of nitrogens with zero attached hydrogens (tertiary/aromatic N) is 1. The summed E-state index contributed by atoms with van der Waals surface area (Å²) in [7, 11) is 0. The number of thioether (sulfide) groups is 1. The van der Waals surface area contributed by atoms with Gasteiger partial charge >= 0.3 is 0 Å². The molecule has 1 aromatic rings. The predicted octanol–water partition coefficient (Wildman–Crippen LogP) is 3.68. The summed E-state index contributed by atoms with van der Waals surface area (Å²) in [6.07, 6.45) is 4.92. The van der Waals surface area contributed by atoms with Crippen LogP contribution in [0.25, 0.3) is 0 Å². The molecule has 0 aliphatic carbocycles. The molecule has 0 aromatic heterocycles. The van der Waals surface area contributed by atoms with Crippen LogP contribution in [0.1, 0.15) is 39.0 Å². The zero-order valence-corrected chi connectivity index (χ0v) is 14.0. The normalized spacial score (nSPS) is 15.0. The number of rotatable bonds is 7. The van der Waals surface area contributed by atoms with Crippen LogP contribution in [0, 0.1) is 0 Å². The second-order valence-electron chi connectivity index (χ2n) is 5.51. The molecule has 2 rings (SSSR count). The Balaban J connectivity index is 1.90. The summed E-state index contributed by atoms with van der Waals surface area (Å²) in [6.45, 7) is 2.91. The van der Waals surface area contributed by atoms with Gasteiger partial charge < -0.3 is 10.2 Å². The standard InChI is InChI=1S/C17H24N2O2S/c1-2-3-11-22-13-16(20)18-14-7-6-8-15(12-14)19-10-5-4-9-17(19)21/h6-8,12H,2-5,9-11,13H2,1H3,(H,18,20). The highest BCUT2D eigenvalue weighted by Gasteiger charge is 2.19. The molecule has 120 valence electrons. The number of nitrogens with one attached hydrogen (secondary N) is 1. The molecular weight excluding hydrogens is 296 g/mol. The lowest BCUT2D eigenvalue weighted by molar-refractivity contribution is -0.119. The van der Waals surface area contributed by atoms with Crippen molar-refractivity contribution >= 4 is 35.0 Å². The van der Waals surface area contributed by atoms with Gasteiger partial charge in [0, 0.05) is 24.3 Å². The van der Waals surface area contributed by atoms with Crippen LogP contribution in [0.15, 0.2) is 24.3 Å². The van der Waals surface area contributed by atoms with Gasteiger partial charge in [0.1, 0.15) is 0 Å². The van der Waals surface area contributed by atoms with E-state index in [1.165, 1.54) is 0 Å². The molecule has 1 aliphatic heterocycles. The van der Waals surface area contributed by atoms with Crippen molar-refractivity contribution in [2.24, 2.45) is 0 Å². The lowest BCUT2D eigenvalue weighted by Crippen LogP contribution is -2.35. The maximum Gasteiger partial charge on any atom is 0.234 e. The van der Waals surface area contributed by atoms with Crippen LogP contribution in [-0.4, -0.2) is 29.9 Å². The van der Waals surface area contributed by atoms with Gasteiger partial charge in [-0.05, 0) is 43.2 Å². The largest absolute Gasteiger partial charge is 0.325 e. The van der Waals surface area contributed by atoms with Crippen LogP contribution in [0.2, 0.25) is 0 Å². The lowest BCUT2D eigenvalue weighted by atomic mass is 10.1. The molecule has 1 aliphatic rings. The first-order chi connectivity index (χ1) is 10.7. The van der Waals surface area contributed by atoms with E-state index in [2.05, 4.69) is 12.2 Å². The van der Waals surface area contributed by atoms with E-state index >= 15 is 0 Å². The second kappa shape index (κ2) is 8.83. The number of piperidine rings is 1. The molecule has 1 heterocycles. The SMILES string of the molecule is CCCCSCC(=O)Nc1cccc(N2CCCCC2=O)c1. The van der Waals surface area contributed by atoms with Crippen molar-refractivity contribution in [1.82, 2.24) is 0 Å². The third kappa shape index (κ3) is 5.05. The molecule has 2 amide bonds. The van der Waals surface area contributed by atoms with Crippen molar-refractivity contribution in [3.63, 3.8) is 0 Å². The van der Waals surface area contributed by atoms with Gasteiger partial charge in [0.05, 0.1) is 5.75 Å². The van der Waals surface area contributed by atoms with Crippen LogP contribution in [0.3, 0.4) is 0 Å². The fourth-order valence-electron chi connectivity index (χ4n) is 2.44. The van der Waals surface area contributed by atoms with Gasteiger partial charge in [-0.3, -0.25) is 9.59 Å². The minimum Gasteiger partial charge on any atom is -0.325 e. The van der Waals surface area contributed by atoms with Crippen molar-refractivity contribution < 1.29 is 9.59 Å². The monoisotopic (exact) mass is 320 g/mol. The summed E-state index contributed by atoms with van der Waals surface area (Å²) in [4.78, 5) is 25.7.